The van der Waals surface area contributed by atoms with Crippen LogP contribution in [0.15, 0.2) is 0 Å². The van der Waals surface area contributed by atoms with E-state index in [0.717, 1.165) is 11.6 Å². The third-order valence-corrected chi connectivity index (χ3v) is 2.49. The molecule has 0 saturated heterocycles. The van der Waals surface area contributed by atoms with Gasteiger partial charge in [0.25, 0.3) is 0 Å². The Kier molecular flexibility index (Phi) is 1.84. The molecule has 66 valence electrons. The van der Waals surface area contributed by atoms with E-state index in [1.807, 2.05) is 11.7 Å². The number of nitrogens with zero attached hydrogens (tertiary/aromatic N) is 3. The van der Waals surface area contributed by atoms with Gasteiger partial charge in [-0.15, -0.1) is 0 Å². The second-order valence-electron chi connectivity index (χ2n) is 3.34. The van der Waals surface area contributed by atoms with Crippen molar-refractivity contribution in [1.82, 2.24) is 14.8 Å². The molecule has 0 radical (unpaired) electrons. The first kappa shape index (κ1) is 7.73. The quantitative estimate of drug-likeness (QED) is 0.697. The minimum atomic E-state index is 0.445. The number of aryl methyl sites for hydroxylation is 1. The normalized spacial score (nSPS) is 17.8. The molecule has 1 aromatic rings. The van der Waals surface area contributed by atoms with E-state index >= 15 is 0 Å². The highest BCUT2D eigenvalue weighted by Crippen LogP contribution is 2.34. The lowest BCUT2D eigenvalue weighted by molar-refractivity contribution is 0.388. The van der Waals surface area contributed by atoms with Crippen LogP contribution in [0.4, 0.5) is 0 Å². The number of nitrogens with two attached hydrogens (primary N) is 1. The van der Waals surface area contributed by atoms with Crippen molar-refractivity contribution >= 4 is 0 Å². The van der Waals surface area contributed by atoms with Crippen molar-refractivity contribution in [1.29, 1.82) is 0 Å². The Labute approximate surface area is 71.8 Å². The van der Waals surface area contributed by atoms with Crippen LogP contribution in [0.1, 0.15) is 36.8 Å². The molecule has 0 aliphatic heterocycles. The number of rotatable bonds is 2. The van der Waals surface area contributed by atoms with Crippen molar-refractivity contribution < 1.29 is 0 Å². The number of aromatic nitrogens is 3. The van der Waals surface area contributed by atoms with Gasteiger partial charge >= 0.3 is 0 Å². The Morgan fingerprint density at radius 2 is 2.33 bits per heavy atom. The number of hydrogen-bond acceptors (Lipinski definition) is 3. The molecule has 0 bridgehead atoms. The van der Waals surface area contributed by atoms with Crippen LogP contribution in [0.2, 0.25) is 0 Å². The molecule has 0 spiro atoms. The molecule has 1 saturated carbocycles. The summed E-state index contributed by atoms with van der Waals surface area (Å²) in [5.41, 5.74) is 5.45. The van der Waals surface area contributed by atoms with E-state index in [1.54, 1.807) is 0 Å². The van der Waals surface area contributed by atoms with Gasteiger partial charge in [-0.25, -0.2) is 4.98 Å². The maximum atomic E-state index is 5.45. The van der Waals surface area contributed by atoms with Crippen LogP contribution in [0.5, 0.6) is 0 Å². The van der Waals surface area contributed by atoms with Gasteiger partial charge in [-0.2, -0.15) is 5.10 Å². The van der Waals surface area contributed by atoms with Crippen LogP contribution < -0.4 is 5.73 Å². The summed E-state index contributed by atoms with van der Waals surface area (Å²) in [5.74, 6) is 2.52. The Balaban J connectivity index is 2.23. The molecule has 1 aromatic heterocycles. The third-order valence-electron chi connectivity index (χ3n) is 2.49. The van der Waals surface area contributed by atoms with Crippen molar-refractivity contribution in [3.8, 4) is 0 Å². The van der Waals surface area contributed by atoms with E-state index in [-0.39, 0.29) is 0 Å². The average Bonchev–Trinajstić information content (AvgIpc) is 2.29. The summed E-state index contributed by atoms with van der Waals surface area (Å²) >= 11 is 0. The smallest absolute Gasteiger partial charge is 0.164 e. The van der Waals surface area contributed by atoms with Crippen LogP contribution in [0, 0.1) is 0 Å². The molecule has 0 atom stereocenters. The Morgan fingerprint density at radius 1 is 1.58 bits per heavy atom. The van der Waals surface area contributed by atoms with Gasteiger partial charge in [0.2, 0.25) is 0 Å². The van der Waals surface area contributed by atoms with Crippen molar-refractivity contribution in [3.63, 3.8) is 0 Å². The molecule has 1 fully saturated rings. The molecular weight excluding hydrogens is 152 g/mol. The van der Waals surface area contributed by atoms with Crippen LogP contribution in [-0.2, 0) is 13.6 Å². The summed E-state index contributed by atoms with van der Waals surface area (Å²) in [6.07, 6.45) is 3.85. The Hall–Kier alpha value is -0.900. The van der Waals surface area contributed by atoms with E-state index in [2.05, 4.69) is 10.1 Å². The minimum Gasteiger partial charge on any atom is -0.324 e. The third kappa shape index (κ3) is 1.12. The van der Waals surface area contributed by atoms with E-state index < -0.39 is 0 Å². The summed E-state index contributed by atoms with van der Waals surface area (Å²) in [6.45, 7) is 0.445. The predicted octanol–water partition coefficient (Wildman–Crippen LogP) is 0.541. The van der Waals surface area contributed by atoms with Crippen LogP contribution >= 0.6 is 0 Å². The lowest BCUT2D eigenvalue weighted by Gasteiger charge is -2.23. The lowest BCUT2D eigenvalue weighted by Crippen LogP contribution is -2.14. The highest BCUT2D eigenvalue weighted by molar-refractivity contribution is 5.03. The topological polar surface area (TPSA) is 56.7 Å². The second-order valence-corrected chi connectivity index (χ2v) is 3.34. The van der Waals surface area contributed by atoms with Gasteiger partial charge in [0.1, 0.15) is 5.82 Å². The molecule has 2 rings (SSSR count). The Bertz CT molecular complexity index is 275. The van der Waals surface area contributed by atoms with E-state index in [4.69, 9.17) is 5.73 Å². The SMILES string of the molecule is Cn1nc(CN)nc1C1CCC1. The maximum Gasteiger partial charge on any atom is 0.164 e. The van der Waals surface area contributed by atoms with Crippen molar-refractivity contribution in [2.75, 3.05) is 0 Å². The predicted molar refractivity (Wildman–Crippen MR) is 45.5 cm³/mol. The molecular formula is C8H14N4. The van der Waals surface area contributed by atoms with Gasteiger partial charge < -0.3 is 5.73 Å². The summed E-state index contributed by atoms with van der Waals surface area (Å²) in [6, 6.07) is 0. The van der Waals surface area contributed by atoms with Crippen LogP contribution in [-0.4, -0.2) is 14.8 Å². The molecule has 2 N–H and O–H groups in total. The van der Waals surface area contributed by atoms with Gasteiger partial charge in [-0.1, -0.05) is 6.42 Å². The summed E-state index contributed by atoms with van der Waals surface area (Å²) in [5, 5.41) is 4.21. The van der Waals surface area contributed by atoms with Crippen molar-refractivity contribution in [2.24, 2.45) is 12.8 Å². The van der Waals surface area contributed by atoms with E-state index in [0.29, 0.717) is 12.5 Å². The molecule has 0 unspecified atom stereocenters. The first-order valence-electron chi connectivity index (χ1n) is 4.41. The molecule has 1 aliphatic rings. The zero-order valence-corrected chi connectivity index (χ0v) is 7.32. The Morgan fingerprint density at radius 3 is 2.75 bits per heavy atom. The van der Waals surface area contributed by atoms with Gasteiger partial charge in [-0.05, 0) is 12.8 Å². The zero-order chi connectivity index (χ0) is 8.55. The fourth-order valence-corrected chi connectivity index (χ4v) is 1.56. The fraction of sp³-hybridized carbons (Fsp3) is 0.750. The van der Waals surface area contributed by atoms with Crippen LogP contribution in [0.3, 0.4) is 0 Å². The minimum absolute atomic E-state index is 0.445. The number of hydrogen-bond donors (Lipinski definition) is 1. The monoisotopic (exact) mass is 166 g/mol. The van der Waals surface area contributed by atoms with Gasteiger partial charge in [0.05, 0.1) is 6.54 Å². The zero-order valence-electron chi connectivity index (χ0n) is 7.32. The molecule has 4 nitrogen and oxygen atoms in total. The molecule has 4 heteroatoms. The summed E-state index contributed by atoms with van der Waals surface area (Å²) in [4.78, 5) is 4.38. The molecule has 1 aliphatic carbocycles. The first-order chi connectivity index (χ1) is 5.81. The highest BCUT2D eigenvalue weighted by atomic mass is 15.3. The first-order valence-corrected chi connectivity index (χ1v) is 4.41. The highest BCUT2D eigenvalue weighted by Gasteiger charge is 2.24. The van der Waals surface area contributed by atoms with Crippen LogP contribution in [0.25, 0.3) is 0 Å². The van der Waals surface area contributed by atoms with Gasteiger partial charge in [0.15, 0.2) is 5.82 Å². The molecule has 0 amide bonds. The van der Waals surface area contributed by atoms with Gasteiger partial charge in [-0.3, -0.25) is 4.68 Å². The lowest BCUT2D eigenvalue weighted by atomic mass is 9.85. The second kappa shape index (κ2) is 2.86. The molecule has 12 heavy (non-hydrogen) atoms. The fourth-order valence-electron chi connectivity index (χ4n) is 1.56. The van der Waals surface area contributed by atoms with E-state index in [1.165, 1.54) is 19.3 Å². The molecule has 0 aromatic carbocycles. The summed E-state index contributed by atoms with van der Waals surface area (Å²) < 4.78 is 1.87. The van der Waals surface area contributed by atoms with Gasteiger partial charge in [0, 0.05) is 13.0 Å². The largest absolute Gasteiger partial charge is 0.324 e. The standard InChI is InChI=1S/C8H14N4/c1-12-8(6-3-2-4-6)10-7(5-9)11-12/h6H,2-5,9H2,1H3. The average molecular weight is 166 g/mol. The maximum absolute atomic E-state index is 5.45. The summed E-state index contributed by atoms with van der Waals surface area (Å²) in [7, 11) is 1.94. The van der Waals surface area contributed by atoms with Crippen molar-refractivity contribution in [2.45, 2.75) is 31.7 Å². The van der Waals surface area contributed by atoms with Crippen molar-refractivity contribution in [3.05, 3.63) is 11.6 Å². The molecule has 1 heterocycles. The van der Waals surface area contributed by atoms with E-state index in [9.17, 15) is 0 Å².